The maximum atomic E-state index is 12.7. The number of rotatable bonds is 7. The quantitative estimate of drug-likeness (QED) is 0.737. The van der Waals surface area contributed by atoms with Crippen LogP contribution in [0.5, 0.6) is 5.75 Å². The van der Waals surface area contributed by atoms with Crippen molar-refractivity contribution in [3.63, 3.8) is 0 Å². The molecule has 1 heterocycles. The summed E-state index contributed by atoms with van der Waals surface area (Å²) in [6.07, 6.45) is 7.00. The van der Waals surface area contributed by atoms with Crippen LogP contribution in [0.3, 0.4) is 0 Å². The molecule has 1 atom stereocenters. The predicted octanol–water partition coefficient (Wildman–Crippen LogP) is 2.21. The van der Waals surface area contributed by atoms with Gasteiger partial charge in [0.25, 0.3) is 5.91 Å². The van der Waals surface area contributed by atoms with Crippen LogP contribution in [0.2, 0.25) is 0 Å². The van der Waals surface area contributed by atoms with Gasteiger partial charge in [0.15, 0.2) is 0 Å². The number of methoxy groups -OCH3 is 1. The number of ether oxygens (including phenoxy) is 2. The van der Waals surface area contributed by atoms with Gasteiger partial charge in [0, 0.05) is 19.2 Å². The summed E-state index contributed by atoms with van der Waals surface area (Å²) in [5.41, 5.74) is 0.239. The van der Waals surface area contributed by atoms with Crippen LogP contribution in [0.25, 0.3) is 0 Å². The summed E-state index contributed by atoms with van der Waals surface area (Å²) in [7, 11) is -2.26. The van der Waals surface area contributed by atoms with E-state index in [4.69, 9.17) is 9.47 Å². The maximum Gasteiger partial charge on any atom is 0.255 e. The van der Waals surface area contributed by atoms with Crippen LogP contribution < -0.4 is 14.8 Å². The number of amides is 1. The Morgan fingerprint density at radius 3 is 2.63 bits per heavy atom. The average molecular weight is 397 g/mol. The molecular formula is C19H28N2O5S. The third kappa shape index (κ3) is 5.21. The van der Waals surface area contributed by atoms with E-state index in [0.717, 1.165) is 38.5 Å². The zero-order valence-corrected chi connectivity index (χ0v) is 16.5. The van der Waals surface area contributed by atoms with Crippen molar-refractivity contribution < 1.29 is 22.7 Å². The first-order valence-electron chi connectivity index (χ1n) is 9.60. The van der Waals surface area contributed by atoms with Gasteiger partial charge in [0.1, 0.15) is 5.75 Å². The largest absolute Gasteiger partial charge is 0.496 e. The number of carbonyl (C=O) groups is 1. The van der Waals surface area contributed by atoms with Gasteiger partial charge in [-0.1, -0.05) is 19.3 Å². The van der Waals surface area contributed by atoms with Crippen molar-refractivity contribution in [2.75, 3.05) is 20.3 Å². The molecule has 0 spiro atoms. The Bertz CT molecular complexity index is 753. The number of benzene rings is 1. The lowest BCUT2D eigenvalue weighted by atomic mass is 9.95. The Kier molecular flexibility index (Phi) is 6.73. The van der Waals surface area contributed by atoms with Crippen LogP contribution in [-0.4, -0.2) is 46.7 Å². The van der Waals surface area contributed by atoms with Gasteiger partial charge in [-0.25, -0.2) is 13.1 Å². The minimum absolute atomic E-state index is 0.0510. The van der Waals surface area contributed by atoms with E-state index in [0.29, 0.717) is 12.4 Å². The molecule has 1 saturated carbocycles. The molecular weight excluding hydrogens is 368 g/mol. The second-order valence-electron chi connectivity index (χ2n) is 7.16. The summed E-state index contributed by atoms with van der Waals surface area (Å²) in [5, 5.41) is 3.01. The Morgan fingerprint density at radius 2 is 1.96 bits per heavy atom. The number of hydrogen-bond donors (Lipinski definition) is 2. The highest BCUT2D eigenvalue weighted by Gasteiger charge is 2.24. The summed E-state index contributed by atoms with van der Waals surface area (Å²) < 4.78 is 38.5. The molecule has 3 rings (SSSR count). The number of hydrogen-bond acceptors (Lipinski definition) is 5. The molecule has 0 radical (unpaired) electrons. The van der Waals surface area contributed by atoms with Crippen molar-refractivity contribution in [3.05, 3.63) is 23.8 Å². The van der Waals surface area contributed by atoms with Gasteiger partial charge < -0.3 is 14.8 Å². The number of carbonyl (C=O) groups excluding carboxylic acids is 1. The predicted molar refractivity (Wildman–Crippen MR) is 101 cm³/mol. The van der Waals surface area contributed by atoms with E-state index in [-0.39, 0.29) is 35.1 Å². The van der Waals surface area contributed by atoms with Crippen LogP contribution in [0, 0.1) is 0 Å². The SMILES string of the molecule is COc1ccc(S(=O)(=O)NC[C@H]2CCCO2)cc1C(=O)NC1CCCCC1. The number of nitrogens with one attached hydrogen (secondary N) is 2. The monoisotopic (exact) mass is 396 g/mol. The van der Waals surface area contributed by atoms with E-state index >= 15 is 0 Å². The smallest absolute Gasteiger partial charge is 0.255 e. The lowest BCUT2D eigenvalue weighted by Gasteiger charge is -2.23. The van der Waals surface area contributed by atoms with E-state index in [1.54, 1.807) is 0 Å². The van der Waals surface area contributed by atoms with Crippen LogP contribution in [0.4, 0.5) is 0 Å². The number of sulfonamides is 1. The van der Waals surface area contributed by atoms with Crippen molar-refractivity contribution in [2.45, 2.75) is 62.0 Å². The first-order valence-corrected chi connectivity index (χ1v) is 11.1. The van der Waals surface area contributed by atoms with Crippen LogP contribution in [0.1, 0.15) is 55.3 Å². The molecule has 1 amide bonds. The van der Waals surface area contributed by atoms with Gasteiger partial charge in [-0.05, 0) is 43.9 Å². The van der Waals surface area contributed by atoms with Crippen molar-refractivity contribution in [1.29, 1.82) is 0 Å². The van der Waals surface area contributed by atoms with Gasteiger partial charge in [0.2, 0.25) is 10.0 Å². The second-order valence-corrected chi connectivity index (χ2v) is 8.92. The van der Waals surface area contributed by atoms with E-state index in [2.05, 4.69) is 10.0 Å². The highest BCUT2D eigenvalue weighted by molar-refractivity contribution is 7.89. The maximum absolute atomic E-state index is 12.7. The third-order valence-corrected chi connectivity index (χ3v) is 6.61. The molecule has 0 bridgehead atoms. The summed E-state index contributed by atoms with van der Waals surface area (Å²) in [6.45, 7) is 0.901. The molecule has 1 saturated heterocycles. The molecule has 27 heavy (non-hydrogen) atoms. The van der Waals surface area contributed by atoms with Crippen LogP contribution in [0.15, 0.2) is 23.1 Å². The first-order chi connectivity index (χ1) is 13.0. The second kappa shape index (κ2) is 9.03. The lowest BCUT2D eigenvalue weighted by Crippen LogP contribution is -2.36. The fourth-order valence-electron chi connectivity index (χ4n) is 3.63. The van der Waals surface area contributed by atoms with Crippen LogP contribution >= 0.6 is 0 Å². The highest BCUT2D eigenvalue weighted by Crippen LogP contribution is 2.24. The normalized spacial score (nSPS) is 21.1. The van der Waals surface area contributed by atoms with Gasteiger partial charge in [-0.3, -0.25) is 4.79 Å². The Balaban J connectivity index is 1.74. The molecule has 1 aromatic carbocycles. The molecule has 2 fully saturated rings. The zero-order valence-electron chi connectivity index (χ0n) is 15.7. The highest BCUT2D eigenvalue weighted by atomic mass is 32.2. The molecule has 1 aliphatic heterocycles. The molecule has 8 heteroatoms. The Morgan fingerprint density at radius 1 is 1.19 bits per heavy atom. The Hall–Kier alpha value is -1.64. The van der Waals surface area contributed by atoms with Crippen molar-refractivity contribution in [3.8, 4) is 5.75 Å². The van der Waals surface area contributed by atoms with Crippen molar-refractivity contribution in [1.82, 2.24) is 10.0 Å². The van der Waals surface area contributed by atoms with Gasteiger partial charge >= 0.3 is 0 Å². The minimum Gasteiger partial charge on any atom is -0.496 e. The standard InChI is InChI=1S/C19H28N2O5S/c1-25-18-10-9-16(27(23,24)20-13-15-8-5-11-26-15)12-17(18)19(22)21-14-6-3-2-4-7-14/h9-10,12,14-15,20H,2-8,11,13H2,1H3,(H,21,22)/t15-/m1/s1. The van der Waals surface area contributed by atoms with Gasteiger partial charge in [0.05, 0.1) is 23.7 Å². The van der Waals surface area contributed by atoms with E-state index < -0.39 is 10.0 Å². The summed E-state index contributed by atoms with van der Waals surface area (Å²) >= 11 is 0. The molecule has 2 N–H and O–H groups in total. The molecule has 2 aliphatic rings. The first kappa shape index (κ1) is 20.1. The molecule has 150 valence electrons. The molecule has 0 unspecified atom stereocenters. The molecule has 1 aromatic rings. The van der Waals surface area contributed by atoms with Crippen molar-refractivity contribution >= 4 is 15.9 Å². The van der Waals surface area contributed by atoms with E-state index in [1.807, 2.05) is 0 Å². The average Bonchev–Trinajstić information content (AvgIpc) is 3.20. The zero-order chi connectivity index (χ0) is 19.3. The summed E-state index contributed by atoms with van der Waals surface area (Å²) in [5.74, 6) is 0.0660. The fourth-order valence-corrected chi connectivity index (χ4v) is 4.73. The molecule has 0 aromatic heterocycles. The summed E-state index contributed by atoms with van der Waals surface area (Å²) in [4.78, 5) is 12.8. The molecule has 1 aliphatic carbocycles. The van der Waals surface area contributed by atoms with Crippen molar-refractivity contribution in [2.24, 2.45) is 0 Å². The fraction of sp³-hybridized carbons (Fsp3) is 0.632. The summed E-state index contributed by atoms with van der Waals surface area (Å²) in [6, 6.07) is 4.49. The van der Waals surface area contributed by atoms with Crippen LogP contribution in [-0.2, 0) is 14.8 Å². The topological polar surface area (TPSA) is 93.7 Å². The van der Waals surface area contributed by atoms with Gasteiger partial charge in [-0.15, -0.1) is 0 Å². The van der Waals surface area contributed by atoms with Gasteiger partial charge in [-0.2, -0.15) is 0 Å². The lowest BCUT2D eigenvalue weighted by molar-refractivity contribution is 0.0924. The molecule has 7 nitrogen and oxygen atoms in total. The Labute approximate surface area is 160 Å². The van der Waals surface area contributed by atoms with E-state index in [1.165, 1.54) is 31.7 Å². The third-order valence-electron chi connectivity index (χ3n) is 5.19. The van der Waals surface area contributed by atoms with E-state index in [9.17, 15) is 13.2 Å². The minimum atomic E-state index is -3.73.